The molecule has 0 bridgehead atoms. The number of aldehydes is 1. The Labute approximate surface area is 284 Å². The first kappa shape index (κ1) is 45.3. The maximum Gasteiger partial charge on any atom is 0.200 e. The van der Waals surface area contributed by atoms with Gasteiger partial charge in [-0.05, 0) is 42.4 Å². The van der Waals surface area contributed by atoms with Gasteiger partial charge in [0.25, 0.3) is 0 Å². The van der Waals surface area contributed by atoms with Gasteiger partial charge in [-0.3, -0.25) is 4.79 Å². The van der Waals surface area contributed by atoms with Gasteiger partial charge in [-0.25, -0.2) is 4.98 Å². The van der Waals surface area contributed by atoms with Crippen molar-refractivity contribution in [2.45, 2.75) is 133 Å². The van der Waals surface area contributed by atoms with E-state index in [0.29, 0.717) is 40.1 Å². The molecule has 0 radical (unpaired) electrons. The molecule has 7 heteroatoms. The van der Waals surface area contributed by atoms with E-state index in [2.05, 4.69) is 62.3 Å². The van der Waals surface area contributed by atoms with Crippen LogP contribution < -0.4 is 0 Å². The molecule has 46 heavy (non-hydrogen) atoms. The Morgan fingerprint density at radius 1 is 0.935 bits per heavy atom. The molecule has 1 aromatic carbocycles. The number of benzene rings is 1. The number of rotatable bonds is 9. The number of hydrogen-bond donors (Lipinski definition) is 1. The average Bonchev–Trinajstić information content (AvgIpc) is 3.43. The molecule has 3 rings (SSSR count). The van der Waals surface area contributed by atoms with Crippen LogP contribution in [0.2, 0.25) is 5.02 Å². The molecule has 2 aromatic heterocycles. The van der Waals surface area contributed by atoms with Gasteiger partial charge in [0, 0.05) is 48.1 Å². The van der Waals surface area contributed by atoms with E-state index in [-0.39, 0.29) is 22.9 Å². The Hall–Kier alpha value is -2.83. The van der Waals surface area contributed by atoms with Gasteiger partial charge in [0.15, 0.2) is 11.3 Å². The van der Waals surface area contributed by atoms with Crippen LogP contribution in [0.1, 0.15) is 144 Å². The fourth-order valence-corrected chi connectivity index (χ4v) is 3.85. The lowest BCUT2D eigenvalue weighted by Crippen LogP contribution is -2.12. The Morgan fingerprint density at radius 2 is 1.48 bits per heavy atom. The number of carbonyl (C=O) groups is 3. The van der Waals surface area contributed by atoms with Gasteiger partial charge in [0.1, 0.15) is 17.6 Å². The summed E-state index contributed by atoms with van der Waals surface area (Å²) in [5.41, 5.74) is 4.67. The third kappa shape index (κ3) is 19.0. The minimum Gasteiger partial charge on any atom is -0.451 e. The Kier molecular flexibility index (Phi) is 23.1. The van der Waals surface area contributed by atoms with Gasteiger partial charge in [0.2, 0.25) is 5.78 Å². The summed E-state index contributed by atoms with van der Waals surface area (Å²) in [5, 5.41) is 7.69. The number of aromatic nitrogens is 1. The van der Waals surface area contributed by atoms with Crippen LogP contribution in [0.15, 0.2) is 40.8 Å². The highest BCUT2D eigenvalue weighted by Crippen LogP contribution is 2.35. The van der Waals surface area contributed by atoms with Crippen molar-refractivity contribution in [2.24, 2.45) is 11.3 Å². The zero-order chi connectivity index (χ0) is 36.1. The molecule has 0 unspecified atom stereocenters. The monoisotopic (exact) mass is 659 g/mol. The average molecular weight is 660 g/mol. The fourth-order valence-electron chi connectivity index (χ4n) is 3.72. The zero-order valence-corrected chi connectivity index (χ0v) is 31.7. The van der Waals surface area contributed by atoms with Gasteiger partial charge in [-0.1, -0.05) is 126 Å². The molecule has 2 heterocycles. The number of fused-ring (bicyclic) bond motifs is 1. The molecular weight excluding hydrogens is 598 g/mol. The summed E-state index contributed by atoms with van der Waals surface area (Å²) in [6.07, 6.45) is 8.23. The van der Waals surface area contributed by atoms with Crippen molar-refractivity contribution in [1.82, 2.24) is 4.98 Å². The maximum atomic E-state index is 12.3. The molecule has 0 saturated carbocycles. The van der Waals surface area contributed by atoms with Crippen LogP contribution in [-0.4, -0.2) is 35.1 Å². The Bertz CT molecular complexity index is 1280. The van der Waals surface area contributed by atoms with Crippen molar-refractivity contribution < 1.29 is 23.9 Å². The first-order valence-corrected chi connectivity index (χ1v) is 16.9. The lowest BCUT2D eigenvalue weighted by molar-refractivity contribution is -0.118. The normalized spacial score (nSPS) is 10.7. The van der Waals surface area contributed by atoms with E-state index in [4.69, 9.17) is 26.1 Å². The molecule has 6 nitrogen and oxygen atoms in total. The van der Waals surface area contributed by atoms with E-state index in [9.17, 15) is 14.4 Å². The maximum absolute atomic E-state index is 12.3. The molecule has 3 aromatic rings. The molecule has 1 N–H and O–H groups in total. The number of pyridine rings is 1. The number of unbranched alkanes of at least 4 members (excludes halogenated alkanes) is 2. The van der Waals surface area contributed by atoms with E-state index in [0.717, 1.165) is 30.2 Å². The van der Waals surface area contributed by atoms with Crippen molar-refractivity contribution in [3.8, 4) is 11.3 Å². The zero-order valence-electron chi connectivity index (χ0n) is 31.0. The van der Waals surface area contributed by atoms with Crippen molar-refractivity contribution in [1.29, 1.82) is 0 Å². The third-order valence-corrected chi connectivity index (χ3v) is 6.84. The van der Waals surface area contributed by atoms with Gasteiger partial charge >= 0.3 is 0 Å². The van der Waals surface area contributed by atoms with E-state index >= 15 is 0 Å². The first-order valence-electron chi connectivity index (χ1n) is 16.5. The summed E-state index contributed by atoms with van der Waals surface area (Å²) >= 11 is 5.99. The summed E-state index contributed by atoms with van der Waals surface area (Å²) in [7, 11) is 1.00. The number of carbonyl (C=O) groups excluding carboxylic acids is 3. The highest BCUT2D eigenvalue weighted by Gasteiger charge is 2.24. The highest BCUT2D eigenvalue weighted by atomic mass is 35.5. The molecule has 0 fully saturated rings. The topological polar surface area (TPSA) is 97.5 Å². The second-order valence-corrected chi connectivity index (χ2v) is 14.2. The molecule has 0 aliphatic rings. The molecule has 0 amide bonds. The van der Waals surface area contributed by atoms with Crippen molar-refractivity contribution >= 4 is 40.6 Å². The molecule has 0 aliphatic heterocycles. The summed E-state index contributed by atoms with van der Waals surface area (Å²) < 4.78 is 5.93. The second-order valence-electron chi connectivity index (χ2n) is 13.7. The summed E-state index contributed by atoms with van der Waals surface area (Å²) in [4.78, 5) is 36.7. The summed E-state index contributed by atoms with van der Waals surface area (Å²) in [6.45, 7) is 25.1. The lowest BCUT2D eigenvalue weighted by atomic mass is 9.86. The molecule has 0 saturated heterocycles. The molecular formula is C39H62ClNO5. The standard InChI is InChI=1S/C21H22ClNO2.C8H18.C5H8O2.C4H10.CH4O/c1-12(2)19(24)18-11-17-20(25-18)15(21(3,4)5)10-16(23-17)13-6-8-14(22)9-7-13;1-5-6-7-8(2,3)4;1-5(7)3-2-4-6;1-3-4-2;1-2/h6-12H,1-5H3;5-7H2,1-4H3;4H,2-3H2,1H3;3-4H2,1-2H3;2H,1H3. The van der Waals surface area contributed by atoms with Gasteiger partial charge in [-0.2, -0.15) is 0 Å². The molecule has 0 aliphatic carbocycles. The van der Waals surface area contributed by atoms with Crippen LogP contribution in [0, 0.1) is 11.3 Å². The van der Waals surface area contributed by atoms with Crippen molar-refractivity contribution in [3.05, 3.63) is 52.7 Å². The smallest absolute Gasteiger partial charge is 0.200 e. The first-order chi connectivity index (χ1) is 21.4. The predicted octanol–water partition coefficient (Wildman–Crippen LogP) is 11.5. The number of aliphatic hydroxyl groups excluding tert-OH is 1. The number of hydrogen-bond acceptors (Lipinski definition) is 6. The van der Waals surface area contributed by atoms with E-state index < -0.39 is 0 Å². The SMILES string of the molecule is CC(=O)CCC=O.CC(C)C(=O)c1cc2nc(-c3ccc(Cl)cc3)cc(C(C)(C)C)c2o1.CCCC.CCCCC(C)(C)C.CO. The van der Waals surface area contributed by atoms with Gasteiger partial charge in [0.05, 0.1) is 5.69 Å². The molecule has 0 atom stereocenters. The highest BCUT2D eigenvalue weighted by molar-refractivity contribution is 6.30. The number of nitrogens with zero attached hydrogens (tertiary/aromatic N) is 1. The second kappa shape index (κ2) is 23.5. The van der Waals surface area contributed by atoms with E-state index in [1.54, 1.807) is 6.07 Å². The van der Waals surface area contributed by atoms with Crippen LogP contribution in [0.5, 0.6) is 0 Å². The minimum absolute atomic E-state index is 0.00842. The third-order valence-electron chi connectivity index (χ3n) is 6.59. The predicted molar refractivity (Wildman–Crippen MR) is 196 cm³/mol. The lowest BCUT2D eigenvalue weighted by Gasteiger charge is -2.20. The fraction of sp³-hybridized carbons (Fsp3) is 0.590. The number of Topliss-reactive ketones (excluding diaryl/α,β-unsaturated/α-hetero) is 2. The number of aliphatic hydroxyl groups is 1. The van der Waals surface area contributed by atoms with Crippen LogP contribution in [-0.2, 0) is 15.0 Å². The minimum atomic E-state index is -0.141. The quantitative estimate of drug-likeness (QED) is 0.181. The van der Waals surface area contributed by atoms with E-state index in [1.165, 1.54) is 39.0 Å². The van der Waals surface area contributed by atoms with Gasteiger partial charge in [-0.15, -0.1) is 0 Å². The molecule has 0 spiro atoms. The van der Waals surface area contributed by atoms with Crippen LogP contribution >= 0.6 is 11.6 Å². The van der Waals surface area contributed by atoms with Crippen molar-refractivity contribution in [2.75, 3.05) is 7.11 Å². The Balaban J connectivity index is 0. The number of furan rings is 1. The Morgan fingerprint density at radius 3 is 1.83 bits per heavy atom. The number of ketones is 2. The number of halogens is 1. The van der Waals surface area contributed by atoms with Crippen LogP contribution in [0.3, 0.4) is 0 Å². The largest absolute Gasteiger partial charge is 0.451 e. The molecule has 260 valence electrons. The van der Waals surface area contributed by atoms with Crippen LogP contribution in [0.4, 0.5) is 0 Å². The van der Waals surface area contributed by atoms with Gasteiger partial charge < -0.3 is 19.1 Å². The van der Waals surface area contributed by atoms with Crippen LogP contribution in [0.25, 0.3) is 22.4 Å². The van der Waals surface area contributed by atoms with E-state index in [1.807, 2.05) is 44.2 Å². The van der Waals surface area contributed by atoms with Crippen molar-refractivity contribution in [3.63, 3.8) is 0 Å². The summed E-state index contributed by atoms with van der Waals surface area (Å²) in [5.74, 6) is 0.323. The summed E-state index contributed by atoms with van der Waals surface area (Å²) in [6, 6.07) is 11.4.